The van der Waals surface area contributed by atoms with E-state index in [9.17, 15) is 8.78 Å². The molecule has 0 amide bonds. The average Bonchev–Trinajstić information content (AvgIpc) is 2.13. The van der Waals surface area contributed by atoms with Gasteiger partial charge in [-0.05, 0) is 26.2 Å². The molecule has 1 N–H and O–H groups in total. The van der Waals surface area contributed by atoms with Gasteiger partial charge in [-0.25, -0.2) is 8.78 Å². The van der Waals surface area contributed by atoms with Crippen LogP contribution in [-0.2, 0) is 0 Å². The highest BCUT2D eigenvalue weighted by molar-refractivity contribution is 5.10. The van der Waals surface area contributed by atoms with E-state index < -0.39 is 17.9 Å². The predicted octanol–water partition coefficient (Wildman–Crippen LogP) is 1.58. The second-order valence-corrected chi connectivity index (χ2v) is 3.91. The van der Waals surface area contributed by atoms with Gasteiger partial charge in [0, 0.05) is 6.04 Å². The normalized spacial score (nSPS) is 56.5. The molecule has 4 unspecified atom stereocenters. The van der Waals surface area contributed by atoms with Crippen LogP contribution < -0.4 is 5.32 Å². The Hall–Kier alpha value is -0.180. The van der Waals surface area contributed by atoms with Crippen molar-refractivity contribution in [2.45, 2.75) is 50.1 Å². The van der Waals surface area contributed by atoms with Crippen molar-refractivity contribution in [3.05, 3.63) is 0 Å². The molecule has 0 radical (unpaired) electrons. The van der Waals surface area contributed by atoms with Crippen molar-refractivity contribution in [2.24, 2.45) is 0 Å². The first-order valence-corrected chi connectivity index (χ1v) is 4.19. The predicted molar refractivity (Wildman–Crippen MR) is 39.0 cm³/mol. The molecule has 0 aromatic heterocycles. The number of rotatable bonds is 0. The minimum absolute atomic E-state index is 0.219. The van der Waals surface area contributed by atoms with Crippen LogP contribution in [0.4, 0.5) is 8.78 Å². The summed E-state index contributed by atoms with van der Waals surface area (Å²) in [6.45, 7) is 1.78. The zero-order valence-electron chi connectivity index (χ0n) is 6.61. The van der Waals surface area contributed by atoms with Crippen LogP contribution in [0.15, 0.2) is 0 Å². The minimum atomic E-state index is -1.30. The van der Waals surface area contributed by atoms with Crippen LogP contribution in [0, 0.1) is 0 Å². The van der Waals surface area contributed by atoms with E-state index in [0.717, 1.165) is 19.3 Å². The molecule has 2 heterocycles. The van der Waals surface area contributed by atoms with Crippen molar-refractivity contribution in [2.75, 3.05) is 0 Å². The average molecular weight is 161 g/mol. The summed E-state index contributed by atoms with van der Waals surface area (Å²) in [6, 6.07) is -0.219. The van der Waals surface area contributed by atoms with Gasteiger partial charge in [0.1, 0.15) is 6.17 Å². The van der Waals surface area contributed by atoms with Gasteiger partial charge in [-0.15, -0.1) is 0 Å². The lowest BCUT2D eigenvalue weighted by Crippen LogP contribution is -2.47. The Balaban J connectivity index is 2.24. The summed E-state index contributed by atoms with van der Waals surface area (Å²) in [4.78, 5) is 0. The van der Waals surface area contributed by atoms with Crippen molar-refractivity contribution in [3.63, 3.8) is 0 Å². The van der Waals surface area contributed by atoms with Gasteiger partial charge in [-0.3, -0.25) is 0 Å². The Labute approximate surface area is 65.2 Å². The van der Waals surface area contributed by atoms with Crippen LogP contribution >= 0.6 is 0 Å². The van der Waals surface area contributed by atoms with Crippen molar-refractivity contribution >= 4 is 0 Å². The molecule has 4 atom stereocenters. The van der Waals surface area contributed by atoms with Crippen LogP contribution in [0.3, 0.4) is 0 Å². The molecular weight excluding hydrogens is 148 g/mol. The van der Waals surface area contributed by atoms with E-state index in [-0.39, 0.29) is 6.04 Å². The smallest absolute Gasteiger partial charge is 0.150 e. The number of fused-ring (bicyclic) bond motifs is 2. The molecule has 0 aromatic rings. The Morgan fingerprint density at radius 3 is 2.73 bits per heavy atom. The molecule has 3 heteroatoms. The third kappa shape index (κ3) is 0.901. The van der Waals surface area contributed by atoms with Crippen LogP contribution in [0.2, 0.25) is 0 Å². The van der Waals surface area contributed by atoms with E-state index in [2.05, 4.69) is 5.32 Å². The molecule has 0 aromatic carbocycles. The number of hydrogen-bond donors (Lipinski definition) is 1. The molecule has 2 aliphatic rings. The monoisotopic (exact) mass is 161 g/mol. The number of alkyl halides is 2. The van der Waals surface area contributed by atoms with E-state index in [1.54, 1.807) is 6.92 Å². The largest absolute Gasteiger partial charge is 0.303 e. The maximum absolute atomic E-state index is 13.2. The number of nitrogens with one attached hydrogen (secondary N) is 1. The van der Waals surface area contributed by atoms with E-state index >= 15 is 0 Å². The third-order valence-corrected chi connectivity index (χ3v) is 3.00. The van der Waals surface area contributed by atoms with Crippen molar-refractivity contribution in [1.29, 1.82) is 0 Å². The highest BCUT2D eigenvalue weighted by atomic mass is 19.2. The topological polar surface area (TPSA) is 12.0 Å². The second-order valence-electron chi connectivity index (χ2n) is 3.91. The molecule has 2 aliphatic heterocycles. The van der Waals surface area contributed by atoms with Crippen LogP contribution in [0.5, 0.6) is 0 Å². The quantitative estimate of drug-likeness (QED) is 0.568. The number of hydrogen-bond acceptors (Lipinski definition) is 1. The molecule has 0 saturated carbocycles. The first-order valence-electron chi connectivity index (χ1n) is 4.19. The molecule has 2 rings (SSSR count). The maximum Gasteiger partial charge on any atom is 0.150 e. The minimum Gasteiger partial charge on any atom is -0.303 e. The zero-order valence-corrected chi connectivity index (χ0v) is 6.61. The summed E-state index contributed by atoms with van der Waals surface area (Å²) in [7, 11) is 0. The van der Waals surface area contributed by atoms with Gasteiger partial charge in [0.25, 0.3) is 0 Å². The van der Waals surface area contributed by atoms with Gasteiger partial charge in [-0.1, -0.05) is 0 Å². The van der Waals surface area contributed by atoms with Crippen molar-refractivity contribution < 1.29 is 8.78 Å². The molecule has 0 aliphatic carbocycles. The van der Waals surface area contributed by atoms with Gasteiger partial charge in [0.2, 0.25) is 0 Å². The fraction of sp³-hybridized carbons (Fsp3) is 1.00. The van der Waals surface area contributed by atoms with Gasteiger partial charge >= 0.3 is 0 Å². The molecule has 2 saturated heterocycles. The lowest BCUT2D eigenvalue weighted by Gasteiger charge is -2.30. The summed E-state index contributed by atoms with van der Waals surface area (Å²) in [5.41, 5.74) is -0.567. The standard InChI is InChI=1S/C8H13F2N/c1-8-4-2-3-5(11-8)6(9)7(8)10/h5-7,11H,2-4H2,1H3. The van der Waals surface area contributed by atoms with Crippen LogP contribution in [0.1, 0.15) is 26.2 Å². The highest BCUT2D eigenvalue weighted by Gasteiger charge is 2.53. The molecule has 2 bridgehead atoms. The third-order valence-electron chi connectivity index (χ3n) is 3.00. The fourth-order valence-electron chi connectivity index (χ4n) is 2.27. The highest BCUT2D eigenvalue weighted by Crippen LogP contribution is 2.38. The number of halogens is 2. The van der Waals surface area contributed by atoms with E-state index in [1.165, 1.54) is 0 Å². The van der Waals surface area contributed by atoms with Gasteiger partial charge in [0.15, 0.2) is 6.17 Å². The summed E-state index contributed by atoms with van der Waals surface area (Å²) in [5.74, 6) is 0. The molecule has 64 valence electrons. The fourth-order valence-corrected chi connectivity index (χ4v) is 2.27. The molecular formula is C8H13F2N. The number of piperidine rings is 1. The van der Waals surface area contributed by atoms with E-state index in [1.807, 2.05) is 0 Å². The Morgan fingerprint density at radius 1 is 1.45 bits per heavy atom. The summed E-state index contributed by atoms with van der Waals surface area (Å²) >= 11 is 0. The van der Waals surface area contributed by atoms with Gasteiger partial charge < -0.3 is 5.32 Å². The summed E-state index contributed by atoms with van der Waals surface area (Å²) < 4.78 is 26.3. The first kappa shape index (κ1) is 7.47. The Bertz CT molecular complexity index is 173. The Morgan fingerprint density at radius 2 is 2.18 bits per heavy atom. The molecule has 11 heavy (non-hydrogen) atoms. The zero-order chi connectivity index (χ0) is 8.06. The lowest BCUT2D eigenvalue weighted by molar-refractivity contribution is 0.145. The van der Waals surface area contributed by atoms with Crippen LogP contribution in [0.25, 0.3) is 0 Å². The molecule has 0 spiro atoms. The van der Waals surface area contributed by atoms with E-state index in [0.29, 0.717) is 0 Å². The van der Waals surface area contributed by atoms with E-state index in [4.69, 9.17) is 0 Å². The van der Waals surface area contributed by atoms with Gasteiger partial charge in [-0.2, -0.15) is 0 Å². The Kier molecular flexibility index (Phi) is 1.46. The first-order chi connectivity index (χ1) is 5.13. The van der Waals surface area contributed by atoms with Crippen LogP contribution in [-0.4, -0.2) is 23.9 Å². The SMILES string of the molecule is CC12CCCC(N1)C(F)C2F. The van der Waals surface area contributed by atoms with Crippen molar-refractivity contribution in [3.8, 4) is 0 Å². The van der Waals surface area contributed by atoms with Crippen molar-refractivity contribution in [1.82, 2.24) is 5.32 Å². The van der Waals surface area contributed by atoms with Gasteiger partial charge in [0.05, 0.1) is 5.54 Å². The summed E-state index contributed by atoms with van der Waals surface area (Å²) in [6.07, 6.45) is -0.0606. The molecule has 1 nitrogen and oxygen atoms in total. The molecule has 2 fully saturated rings. The summed E-state index contributed by atoms with van der Waals surface area (Å²) in [5, 5.41) is 3.02. The lowest BCUT2D eigenvalue weighted by atomic mass is 9.92. The maximum atomic E-state index is 13.2. The second kappa shape index (κ2) is 2.16.